The fourth-order valence-electron chi connectivity index (χ4n) is 2.17. The van der Waals surface area contributed by atoms with Crippen molar-refractivity contribution >= 4 is 0 Å². The van der Waals surface area contributed by atoms with Gasteiger partial charge in [-0.25, -0.2) is 0 Å². The highest BCUT2D eigenvalue weighted by Crippen LogP contribution is 2.32. The summed E-state index contributed by atoms with van der Waals surface area (Å²) in [6.45, 7) is 4.26. The fraction of sp³-hybridized carbons (Fsp3) is 1.00. The molecule has 0 aromatic carbocycles. The van der Waals surface area contributed by atoms with Crippen LogP contribution in [0, 0.1) is 5.92 Å². The van der Waals surface area contributed by atoms with Crippen molar-refractivity contribution in [1.82, 2.24) is 5.32 Å². The summed E-state index contributed by atoms with van der Waals surface area (Å²) in [4.78, 5) is 0. The largest absolute Gasteiger partial charge is 0.381 e. The second-order valence-corrected chi connectivity index (χ2v) is 4.53. The normalized spacial score (nSPS) is 32.5. The molecule has 0 spiro atoms. The SMILES string of the molecule is CC(NC1CCCOCC1)C1CC1. The first-order chi connectivity index (χ1) is 6.36. The number of nitrogens with one attached hydrogen (secondary N) is 1. The third-order valence-corrected chi connectivity index (χ3v) is 3.28. The van der Waals surface area contributed by atoms with Gasteiger partial charge in [-0.1, -0.05) is 0 Å². The molecule has 2 unspecified atom stereocenters. The van der Waals surface area contributed by atoms with Gasteiger partial charge in [-0.05, 0) is 44.9 Å². The average molecular weight is 183 g/mol. The van der Waals surface area contributed by atoms with Crippen LogP contribution in [0.2, 0.25) is 0 Å². The van der Waals surface area contributed by atoms with Gasteiger partial charge in [0, 0.05) is 25.3 Å². The first-order valence-corrected chi connectivity index (χ1v) is 5.70. The van der Waals surface area contributed by atoms with E-state index in [1.54, 1.807) is 0 Å². The maximum Gasteiger partial charge on any atom is 0.0480 e. The summed E-state index contributed by atoms with van der Waals surface area (Å²) in [7, 11) is 0. The summed E-state index contributed by atoms with van der Waals surface area (Å²) in [6.07, 6.45) is 6.62. The summed E-state index contributed by atoms with van der Waals surface area (Å²) in [5.74, 6) is 0.976. The van der Waals surface area contributed by atoms with E-state index in [0.717, 1.165) is 31.2 Å². The molecule has 1 N–H and O–H groups in total. The molecule has 1 saturated carbocycles. The molecule has 1 heterocycles. The molecule has 0 aromatic rings. The standard InChI is InChI=1S/C11H21NO/c1-9(10-4-5-10)12-11-3-2-7-13-8-6-11/h9-12H,2-8H2,1H3. The van der Waals surface area contributed by atoms with Crippen molar-refractivity contribution in [3.05, 3.63) is 0 Å². The van der Waals surface area contributed by atoms with E-state index in [1.807, 2.05) is 0 Å². The molecular weight excluding hydrogens is 162 g/mol. The zero-order valence-electron chi connectivity index (χ0n) is 8.59. The Labute approximate surface area is 81.0 Å². The zero-order chi connectivity index (χ0) is 9.10. The second-order valence-electron chi connectivity index (χ2n) is 4.53. The first kappa shape index (κ1) is 9.47. The number of hydrogen-bond donors (Lipinski definition) is 1. The summed E-state index contributed by atoms with van der Waals surface area (Å²) < 4.78 is 5.44. The molecule has 2 atom stereocenters. The van der Waals surface area contributed by atoms with E-state index in [4.69, 9.17) is 4.74 Å². The van der Waals surface area contributed by atoms with Crippen molar-refractivity contribution in [2.24, 2.45) is 5.92 Å². The van der Waals surface area contributed by atoms with E-state index >= 15 is 0 Å². The lowest BCUT2D eigenvalue weighted by atomic mass is 10.1. The predicted molar refractivity (Wildman–Crippen MR) is 53.8 cm³/mol. The van der Waals surface area contributed by atoms with Crippen molar-refractivity contribution < 1.29 is 4.74 Å². The number of ether oxygens (including phenoxy) is 1. The molecule has 2 fully saturated rings. The molecule has 76 valence electrons. The van der Waals surface area contributed by atoms with Gasteiger partial charge in [0.2, 0.25) is 0 Å². The van der Waals surface area contributed by atoms with Crippen LogP contribution in [0.5, 0.6) is 0 Å². The minimum absolute atomic E-state index is 0.720. The van der Waals surface area contributed by atoms with Gasteiger partial charge in [-0.3, -0.25) is 0 Å². The van der Waals surface area contributed by atoms with Gasteiger partial charge < -0.3 is 10.1 Å². The Hall–Kier alpha value is -0.0800. The van der Waals surface area contributed by atoms with E-state index in [0.29, 0.717) is 0 Å². The smallest absolute Gasteiger partial charge is 0.0480 e. The van der Waals surface area contributed by atoms with Crippen molar-refractivity contribution in [1.29, 1.82) is 0 Å². The summed E-state index contributed by atoms with van der Waals surface area (Å²) in [6, 6.07) is 1.46. The minimum Gasteiger partial charge on any atom is -0.381 e. The van der Waals surface area contributed by atoms with Crippen molar-refractivity contribution in [2.75, 3.05) is 13.2 Å². The maximum absolute atomic E-state index is 5.44. The third-order valence-electron chi connectivity index (χ3n) is 3.28. The van der Waals surface area contributed by atoms with E-state index in [-0.39, 0.29) is 0 Å². The predicted octanol–water partition coefficient (Wildman–Crippen LogP) is 1.94. The molecule has 2 rings (SSSR count). The van der Waals surface area contributed by atoms with Gasteiger partial charge in [-0.2, -0.15) is 0 Å². The fourth-order valence-corrected chi connectivity index (χ4v) is 2.17. The summed E-state index contributed by atoms with van der Waals surface area (Å²) in [5, 5.41) is 3.74. The molecule has 0 bridgehead atoms. The molecule has 2 nitrogen and oxygen atoms in total. The third kappa shape index (κ3) is 2.96. The van der Waals surface area contributed by atoms with Crippen LogP contribution in [0.1, 0.15) is 39.0 Å². The van der Waals surface area contributed by atoms with Crippen molar-refractivity contribution in [3.63, 3.8) is 0 Å². The highest BCUT2D eigenvalue weighted by molar-refractivity contribution is 4.85. The Morgan fingerprint density at radius 1 is 1.15 bits per heavy atom. The van der Waals surface area contributed by atoms with E-state index < -0.39 is 0 Å². The van der Waals surface area contributed by atoms with Gasteiger partial charge >= 0.3 is 0 Å². The number of hydrogen-bond acceptors (Lipinski definition) is 2. The van der Waals surface area contributed by atoms with Crippen LogP contribution >= 0.6 is 0 Å². The molecule has 13 heavy (non-hydrogen) atoms. The van der Waals surface area contributed by atoms with E-state index in [2.05, 4.69) is 12.2 Å². The van der Waals surface area contributed by atoms with Gasteiger partial charge in [0.25, 0.3) is 0 Å². The second kappa shape index (κ2) is 4.43. The average Bonchev–Trinajstić information content (AvgIpc) is 2.92. The van der Waals surface area contributed by atoms with Gasteiger partial charge in [0.05, 0.1) is 0 Å². The van der Waals surface area contributed by atoms with Gasteiger partial charge in [0.15, 0.2) is 0 Å². The van der Waals surface area contributed by atoms with E-state index in [9.17, 15) is 0 Å². The highest BCUT2D eigenvalue weighted by atomic mass is 16.5. The Balaban J connectivity index is 1.71. The van der Waals surface area contributed by atoms with Crippen LogP contribution in [0.15, 0.2) is 0 Å². The lowest BCUT2D eigenvalue weighted by molar-refractivity contribution is 0.142. The Morgan fingerprint density at radius 2 is 2.00 bits per heavy atom. The Bertz CT molecular complexity index is 148. The molecule has 1 aliphatic carbocycles. The molecule has 0 radical (unpaired) electrons. The van der Waals surface area contributed by atoms with Crippen LogP contribution < -0.4 is 5.32 Å². The van der Waals surface area contributed by atoms with Crippen LogP contribution in [0.4, 0.5) is 0 Å². The molecule has 2 aliphatic rings. The van der Waals surface area contributed by atoms with Crippen molar-refractivity contribution in [2.45, 2.75) is 51.1 Å². The first-order valence-electron chi connectivity index (χ1n) is 5.70. The topological polar surface area (TPSA) is 21.3 Å². The summed E-state index contributed by atoms with van der Waals surface area (Å²) >= 11 is 0. The Morgan fingerprint density at radius 3 is 2.77 bits per heavy atom. The molecule has 0 aromatic heterocycles. The van der Waals surface area contributed by atoms with Crippen LogP contribution in [-0.2, 0) is 4.74 Å². The molecule has 2 heteroatoms. The van der Waals surface area contributed by atoms with Crippen LogP contribution in [0.25, 0.3) is 0 Å². The van der Waals surface area contributed by atoms with Crippen molar-refractivity contribution in [3.8, 4) is 0 Å². The molecular formula is C11H21NO. The lowest BCUT2D eigenvalue weighted by Gasteiger charge is -2.21. The van der Waals surface area contributed by atoms with Gasteiger partial charge in [-0.15, -0.1) is 0 Å². The molecule has 0 amide bonds. The Kier molecular flexibility index (Phi) is 3.23. The van der Waals surface area contributed by atoms with Crippen LogP contribution in [0.3, 0.4) is 0 Å². The lowest BCUT2D eigenvalue weighted by Crippen LogP contribution is -2.37. The van der Waals surface area contributed by atoms with Crippen LogP contribution in [-0.4, -0.2) is 25.3 Å². The molecule has 1 saturated heterocycles. The maximum atomic E-state index is 5.44. The van der Waals surface area contributed by atoms with Gasteiger partial charge in [0.1, 0.15) is 0 Å². The quantitative estimate of drug-likeness (QED) is 0.722. The van der Waals surface area contributed by atoms with E-state index in [1.165, 1.54) is 32.1 Å². The summed E-state index contributed by atoms with van der Waals surface area (Å²) in [5.41, 5.74) is 0. The molecule has 1 aliphatic heterocycles. The minimum atomic E-state index is 0.720. The zero-order valence-corrected chi connectivity index (χ0v) is 8.59. The highest BCUT2D eigenvalue weighted by Gasteiger charge is 2.29. The number of rotatable bonds is 3. The monoisotopic (exact) mass is 183 g/mol.